The Hall–Kier alpha value is -2.11. The molecule has 0 saturated carbocycles. The summed E-state index contributed by atoms with van der Waals surface area (Å²) in [5, 5.41) is 11.6. The van der Waals surface area contributed by atoms with E-state index >= 15 is 0 Å². The first-order valence-electron chi connectivity index (χ1n) is 6.27. The molecule has 2 heterocycles. The number of carbonyl (C=O) groups excluding carboxylic acids is 1. The van der Waals surface area contributed by atoms with Gasteiger partial charge in [0.15, 0.2) is 0 Å². The first-order valence-corrected chi connectivity index (χ1v) is 6.27. The quantitative estimate of drug-likeness (QED) is 0.840. The Morgan fingerprint density at radius 2 is 2.32 bits per heavy atom. The highest BCUT2D eigenvalue weighted by molar-refractivity contribution is 5.88. The summed E-state index contributed by atoms with van der Waals surface area (Å²) < 4.78 is 0. The minimum absolute atomic E-state index is 0.0269. The van der Waals surface area contributed by atoms with Gasteiger partial charge in [-0.25, -0.2) is 9.78 Å². The van der Waals surface area contributed by atoms with Crippen molar-refractivity contribution in [3.8, 4) is 0 Å². The summed E-state index contributed by atoms with van der Waals surface area (Å²) in [6.07, 6.45) is 3.24. The molecule has 0 aliphatic carbocycles. The van der Waals surface area contributed by atoms with Crippen molar-refractivity contribution in [2.75, 3.05) is 25.0 Å². The molecule has 0 aromatic carbocycles. The van der Waals surface area contributed by atoms with E-state index < -0.39 is 5.97 Å². The molecular weight excluding hydrogens is 246 g/mol. The van der Waals surface area contributed by atoms with Crippen LogP contribution in [0.25, 0.3) is 0 Å². The molecule has 0 radical (unpaired) electrons. The zero-order chi connectivity index (χ0) is 13.8. The molecule has 102 valence electrons. The van der Waals surface area contributed by atoms with Crippen LogP contribution in [0.3, 0.4) is 0 Å². The molecule has 2 rings (SSSR count). The van der Waals surface area contributed by atoms with Gasteiger partial charge in [-0.1, -0.05) is 0 Å². The van der Waals surface area contributed by atoms with Crippen LogP contribution in [-0.4, -0.2) is 42.1 Å². The van der Waals surface area contributed by atoms with Crippen molar-refractivity contribution in [2.24, 2.45) is 5.92 Å². The molecule has 0 spiro atoms. The molecular formula is C13H17N3O3. The number of nitrogens with one attached hydrogen (secondary N) is 1. The number of aromatic carboxylic acids is 1. The topological polar surface area (TPSA) is 82.5 Å². The maximum Gasteiger partial charge on any atom is 0.335 e. The van der Waals surface area contributed by atoms with E-state index in [1.54, 1.807) is 13.1 Å². The fourth-order valence-electron chi connectivity index (χ4n) is 2.33. The van der Waals surface area contributed by atoms with Gasteiger partial charge < -0.3 is 15.3 Å². The van der Waals surface area contributed by atoms with Crippen molar-refractivity contribution in [3.63, 3.8) is 0 Å². The third-order valence-electron chi connectivity index (χ3n) is 3.36. The molecule has 1 aromatic rings. The number of carbonyl (C=O) groups is 2. The predicted octanol–water partition coefficient (Wildman–Crippen LogP) is 0.742. The summed E-state index contributed by atoms with van der Waals surface area (Å²) in [4.78, 5) is 28.8. The third-order valence-corrected chi connectivity index (χ3v) is 3.36. The number of anilines is 1. The normalized spacial score (nSPS) is 19.0. The van der Waals surface area contributed by atoms with E-state index in [2.05, 4.69) is 10.3 Å². The smallest absolute Gasteiger partial charge is 0.335 e. The SMILES string of the molecule is CNC(=O)C1CCCN(c2cc(C(=O)O)ccn2)C1. The summed E-state index contributed by atoms with van der Waals surface area (Å²) in [6.45, 7) is 1.37. The average Bonchev–Trinajstić information content (AvgIpc) is 2.46. The Bertz CT molecular complexity index is 490. The standard InChI is InChI=1S/C13H17N3O3/c1-14-12(17)10-3-2-6-16(8-10)11-7-9(13(18)19)4-5-15-11/h4-5,7,10H,2-3,6,8H2,1H3,(H,14,17)(H,18,19). The van der Waals surface area contributed by atoms with Crippen LogP contribution >= 0.6 is 0 Å². The van der Waals surface area contributed by atoms with Crippen molar-refractivity contribution in [2.45, 2.75) is 12.8 Å². The lowest BCUT2D eigenvalue weighted by atomic mass is 9.97. The van der Waals surface area contributed by atoms with Gasteiger partial charge in [-0.15, -0.1) is 0 Å². The number of nitrogens with zero attached hydrogens (tertiary/aromatic N) is 2. The molecule has 1 amide bonds. The van der Waals surface area contributed by atoms with Crippen LogP contribution < -0.4 is 10.2 Å². The minimum atomic E-state index is -0.969. The molecule has 19 heavy (non-hydrogen) atoms. The van der Waals surface area contributed by atoms with E-state index in [-0.39, 0.29) is 17.4 Å². The van der Waals surface area contributed by atoms with Crippen LogP contribution in [0.15, 0.2) is 18.3 Å². The van der Waals surface area contributed by atoms with Gasteiger partial charge in [0.1, 0.15) is 5.82 Å². The van der Waals surface area contributed by atoms with Crippen LogP contribution in [0.4, 0.5) is 5.82 Å². The molecule has 1 aliphatic rings. The molecule has 1 aliphatic heterocycles. The fourth-order valence-corrected chi connectivity index (χ4v) is 2.33. The Kier molecular flexibility index (Phi) is 3.99. The highest BCUT2D eigenvalue weighted by atomic mass is 16.4. The van der Waals surface area contributed by atoms with E-state index in [9.17, 15) is 9.59 Å². The summed E-state index contributed by atoms with van der Waals surface area (Å²) in [7, 11) is 1.63. The number of hydrogen-bond donors (Lipinski definition) is 2. The number of hydrogen-bond acceptors (Lipinski definition) is 4. The van der Waals surface area contributed by atoms with Crippen LogP contribution in [0.5, 0.6) is 0 Å². The molecule has 1 saturated heterocycles. The molecule has 0 bridgehead atoms. The summed E-state index contributed by atoms with van der Waals surface area (Å²) in [5.74, 6) is -0.384. The van der Waals surface area contributed by atoms with Crippen molar-refractivity contribution < 1.29 is 14.7 Å². The zero-order valence-electron chi connectivity index (χ0n) is 10.8. The lowest BCUT2D eigenvalue weighted by molar-refractivity contribution is -0.124. The maximum atomic E-state index is 11.7. The minimum Gasteiger partial charge on any atom is -0.478 e. The Labute approximate surface area is 111 Å². The number of rotatable bonds is 3. The van der Waals surface area contributed by atoms with Gasteiger partial charge in [-0.2, -0.15) is 0 Å². The summed E-state index contributed by atoms with van der Waals surface area (Å²) >= 11 is 0. The first-order chi connectivity index (χ1) is 9.11. The average molecular weight is 263 g/mol. The van der Waals surface area contributed by atoms with E-state index in [0.29, 0.717) is 12.4 Å². The summed E-state index contributed by atoms with van der Waals surface area (Å²) in [6, 6.07) is 3.01. The zero-order valence-corrected chi connectivity index (χ0v) is 10.8. The molecule has 1 fully saturated rings. The van der Waals surface area contributed by atoms with Crippen LogP contribution in [-0.2, 0) is 4.79 Å². The van der Waals surface area contributed by atoms with E-state index in [4.69, 9.17) is 5.11 Å². The fraction of sp³-hybridized carbons (Fsp3) is 0.462. The Balaban J connectivity index is 2.15. The van der Waals surface area contributed by atoms with Crippen LogP contribution in [0.2, 0.25) is 0 Å². The predicted molar refractivity (Wildman–Crippen MR) is 70.2 cm³/mol. The number of amides is 1. The van der Waals surface area contributed by atoms with Gasteiger partial charge in [-0.05, 0) is 25.0 Å². The molecule has 1 unspecified atom stereocenters. The van der Waals surface area contributed by atoms with E-state index in [0.717, 1.165) is 19.4 Å². The van der Waals surface area contributed by atoms with Gasteiger partial charge in [0, 0.05) is 26.3 Å². The second-order valence-corrected chi connectivity index (χ2v) is 4.61. The number of aromatic nitrogens is 1. The van der Waals surface area contributed by atoms with E-state index in [1.165, 1.54) is 12.3 Å². The van der Waals surface area contributed by atoms with Gasteiger partial charge in [-0.3, -0.25) is 4.79 Å². The number of carboxylic acids is 1. The number of pyridine rings is 1. The lowest BCUT2D eigenvalue weighted by Gasteiger charge is -2.32. The molecule has 1 atom stereocenters. The van der Waals surface area contributed by atoms with Gasteiger partial charge in [0.05, 0.1) is 11.5 Å². The number of piperidine rings is 1. The Morgan fingerprint density at radius 1 is 1.53 bits per heavy atom. The maximum absolute atomic E-state index is 11.7. The van der Waals surface area contributed by atoms with Crippen molar-refractivity contribution >= 4 is 17.7 Å². The van der Waals surface area contributed by atoms with Crippen LogP contribution in [0, 0.1) is 5.92 Å². The molecule has 6 heteroatoms. The summed E-state index contributed by atoms with van der Waals surface area (Å²) in [5.41, 5.74) is 0.215. The highest BCUT2D eigenvalue weighted by Gasteiger charge is 2.26. The second-order valence-electron chi connectivity index (χ2n) is 4.61. The second kappa shape index (κ2) is 5.69. The Morgan fingerprint density at radius 3 is 3.00 bits per heavy atom. The lowest BCUT2D eigenvalue weighted by Crippen LogP contribution is -2.42. The molecule has 1 aromatic heterocycles. The van der Waals surface area contributed by atoms with Gasteiger partial charge >= 0.3 is 5.97 Å². The monoisotopic (exact) mass is 263 g/mol. The largest absolute Gasteiger partial charge is 0.478 e. The molecule has 2 N–H and O–H groups in total. The van der Waals surface area contributed by atoms with Gasteiger partial charge in [0.25, 0.3) is 0 Å². The third kappa shape index (κ3) is 3.01. The van der Waals surface area contributed by atoms with E-state index in [1.807, 2.05) is 4.90 Å². The highest BCUT2D eigenvalue weighted by Crippen LogP contribution is 2.22. The first kappa shape index (κ1) is 13.3. The van der Waals surface area contributed by atoms with Crippen molar-refractivity contribution in [1.29, 1.82) is 0 Å². The van der Waals surface area contributed by atoms with Gasteiger partial charge in [0.2, 0.25) is 5.91 Å². The van der Waals surface area contributed by atoms with Crippen molar-refractivity contribution in [3.05, 3.63) is 23.9 Å². The number of carboxylic acid groups (broad SMARTS) is 1. The van der Waals surface area contributed by atoms with Crippen LogP contribution in [0.1, 0.15) is 23.2 Å². The van der Waals surface area contributed by atoms with Crippen molar-refractivity contribution in [1.82, 2.24) is 10.3 Å². The molecule has 6 nitrogen and oxygen atoms in total.